The van der Waals surface area contributed by atoms with Crippen molar-refractivity contribution in [3.63, 3.8) is 0 Å². The molecular weight excluding hydrogens is 251 g/mol. The lowest BCUT2D eigenvalue weighted by Gasteiger charge is -2.25. The van der Waals surface area contributed by atoms with Crippen molar-refractivity contribution in [3.05, 3.63) is 70.5 Å². The van der Waals surface area contributed by atoms with Gasteiger partial charge in [-0.15, -0.1) is 0 Å². The number of nitrogens with two attached hydrogens (primary N) is 1. The molecule has 20 heavy (non-hydrogen) atoms. The molecule has 0 amide bonds. The Morgan fingerprint density at radius 1 is 1.25 bits per heavy atom. The normalized spacial score (nSPS) is 18.9. The van der Waals surface area contributed by atoms with E-state index >= 15 is 0 Å². The fraction of sp³-hybridized carbons (Fsp3) is 0.294. The third-order valence-corrected chi connectivity index (χ3v) is 4.34. The van der Waals surface area contributed by atoms with Gasteiger partial charge in [-0.2, -0.15) is 0 Å². The molecule has 104 valence electrons. The molecule has 0 saturated carbocycles. The average molecular weight is 270 g/mol. The van der Waals surface area contributed by atoms with Gasteiger partial charge in [-0.3, -0.25) is 11.3 Å². The molecule has 2 unspecified atom stereocenters. The smallest absolute Gasteiger partial charge is 0.123 e. The van der Waals surface area contributed by atoms with Gasteiger partial charge in [0.25, 0.3) is 0 Å². The minimum absolute atomic E-state index is 0.0469. The number of aryl methyl sites for hydroxylation is 2. The largest absolute Gasteiger partial charge is 0.271 e. The molecule has 3 N–H and O–H groups in total. The summed E-state index contributed by atoms with van der Waals surface area (Å²) in [5, 5.41) is 0. The fourth-order valence-electron chi connectivity index (χ4n) is 3.31. The van der Waals surface area contributed by atoms with Gasteiger partial charge in [0.2, 0.25) is 0 Å². The van der Waals surface area contributed by atoms with Crippen LogP contribution in [-0.4, -0.2) is 0 Å². The highest BCUT2D eigenvalue weighted by molar-refractivity contribution is 5.40. The quantitative estimate of drug-likeness (QED) is 0.663. The number of hydrazine groups is 1. The maximum absolute atomic E-state index is 13.6. The van der Waals surface area contributed by atoms with Gasteiger partial charge < -0.3 is 0 Å². The minimum atomic E-state index is -0.211. The van der Waals surface area contributed by atoms with Gasteiger partial charge in [-0.25, -0.2) is 4.39 Å². The van der Waals surface area contributed by atoms with Crippen molar-refractivity contribution in [3.8, 4) is 0 Å². The summed E-state index contributed by atoms with van der Waals surface area (Å²) >= 11 is 0. The highest BCUT2D eigenvalue weighted by Gasteiger charge is 2.30. The number of fused-ring (bicyclic) bond motifs is 1. The molecule has 0 fully saturated rings. The first-order valence-corrected chi connectivity index (χ1v) is 7.00. The van der Waals surface area contributed by atoms with Crippen LogP contribution < -0.4 is 11.3 Å². The number of nitrogens with one attached hydrogen (secondary N) is 1. The number of halogens is 1. The number of hydrogen-bond acceptors (Lipinski definition) is 2. The number of hydrogen-bond donors (Lipinski definition) is 2. The molecule has 0 heterocycles. The van der Waals surface area contributed by atoms with E-state index in [-0.39, 0.29) is 11.9 Å². The van der Waals surface area contributed by atoms with Gasteiger partial charge in [0.1, 0.15) is 5.82 Å². The third kappa shape index (κ3) is 2.23. The first-order valence-electron chi connectivity index (χ1n) is 7.00. The van der Waals surface area contributed by atoms with Crippen LogP contribution in [0.5, 0.6) is 0 Å². The summed E-state index contributed by atoms with van der Waals surface area (Å²) < 4.78 is 13.6. The highest BCUT2D eigenvalue weighted by Crippen LogP contribution is 2.42. The molecule has 2 atom stereocenters. The SMILES string of the molecule is Cc1ccc(F)cc1C(NN)C1CCc2ccccc21. The molecule has 3 heteroatoms. The zero-order chi connectivity index (χ0) is 14.1. The van der Waals surface area contributed by atoms with Crippen LogP contribution in [0.3, 0.4) is 0 Å². The lowest BCUT2D eigenvalue weighted by atomic mass is 9.86. The molecule has 0 bridgehead atoms. The highest BCUT2D eigenvalue weighted by atomic mass is 19.1. The molecule has 0 radical (unpaired) electrons. The maximum atomic E-state index is 13.6. The first-order chi connectivity index (χ1) is 9.70. The van der Waals surface area contributed by atoms with Crippen molar-refractivity contribution in [1.82, 2.24) is 5.43 Å². The van der Waals surface area contributed by atoms with Crippen molar-refractivity contribution in [2.24, 2.45) is 5.84 Å². The van der Waals surface area contributed by atoms with E-state index in [1.807, 2.05) is 13.0 Å². The van der Waals surface area contributed by atoms with E-state index in [4.69, 9.17) is 5.84 Å². The Labute approximate surface area is 118 Å². The van der Waals surface area contributed by atoms with Gasteiger partial charge in [-0.1, -0.05) is 30.3 Å². The second kappa shape index (κ2) is 5.35. The van der Waals surface area contributed by atoms with E-state index in [1.54, 1.807) is 6.07 Å². The molecule has 0 aliphatic heterocycles. The molecule has 0 saturated heterocycles. The van der Waals surface area contributed by atoms with Gasteiger partial charge in [0.05, 0.1) is 6.04 Å². The molecular formula is C17H19FN2. The molecule has 0 spiro atoms. The predicted octanol–water partition coefficient (Wildman–Crippen LogP) is 3.37. The van der Waals surface area contributed by atoms with Crippen LogP contribution in [0.15, 0.2) is 42.5 Å². The van der Waals surface area contributed by atoms with E-state index in [0.29, 0.717) is 5.92 Å². The van der Waals surface area contributed by atoms with Crippen molar-refractivity contribution >= 4 is 0 Å². The Morgan fingerprint density at radius 2 is 2.05 bits per heavy atom. The van der Waals surface area contributed by atoms with Crippen molar-refractivity contribution in [2.45, 2.75) is 31.7 Å². The second-order valence-electron chi connectivity index (χ2n) is 5.49. The standard InChI is InChI=1S/C17H19FN2/c1-11-6-8-13(18)10-16(11)17(20-19)15-9-7-12-4-2-3-5-14(12)15/h2-6,8,10,15,17,20H,7,9,19H2,1H3. The van der Waals surface area contributed by atoms with E-state index < -0.39 is 0 Å². The fourth-order valence-corrected chi connectivity index (χ4v) is 3.31. The molecule has 0 aromatic heterocycles. The average Bonchev–Trinajstić information content (AvgIpc) is 2.88. The van der Waals surface area contributed by atoms with Crippen molar-refractivity contribution < 1.29 is 4.39 Å². The summed E-state index contributed by atoms with van der Waals surface area (Å²) in [6.07, 6.45) is 2.11. The molecule has 2 nitrogen and oxygen atoms in total. The molecule has 1 aliphatic carbocycles. The molecule has 2 aromatic carbocycles. The second-order valence-corrected chi connectivity index (χ2v) is 5.49. The number of rotatable bonds is 3. The third-order valence-electron chi connectivity index (χ3n) is 4.34. The van der Waals surface area contributed by atoms with E-state index in [0.717, 1.165) is 24.0 Å². The van der Waals surface area contributed by atoms with Gasteiger partial charge in [0, 0.05) is 5.92 Å². The van der Waals surface area contributed by atoms with Crippen LogP contribution in [0.2, 0.25) is 0 Å². The van der Waals surface area contributed by atoms with Crippen LogP contribution in [-0.2, 0) is 6.42 Å². The summed E-state index contributed by atoms with van der Waals surface area (Å²) in [6, 6.07) is 13.3. The summed E-state index contributed by atoms with van der Waals surface area (Å²) in [5.41, 5.74) is 7.64. The minimum Gasteiger partial charge on any atom is -0.271 e. The Hall–Kier alpha value is -1.71. The predicted molar refractivity (Wildman–Crippen MR) is 78.7 cm³/mol. The van der Waals surface area contributed by atoms with E-state index in [1.165, 1.54) is 17.2 Å². The lowest BCUT2D eigenvalue weighted by Crippen LogP contribution is -2.32. The van der Waals surface area contributed by atoms with Crippen LogP contribution in [0.4, 0.5) is 4.39 Å². The lowest BCUT2D eigenvalue weighted by molar-refractivity contribution is 0.449. The number of benzene rings is 2. The van der Waals surface area contributed by atoms with Crippen molar-refractivity contribution in [2.75, 3.05) is 0 Å². The summed E-state index contributed by atoms with van der Waals surface area (Å²) in [4.78, 5) is 0. The van der Waals surface area contributed by atoms with Gasteiger partial charge in [0.15, 0.2) is 0 Å². The van der Waals surface area contributed by atoms with Crippen LogP contribution in [0, 0.1) is 12.7 Å². The molecule has 3 rings (SSSR count). The van der Waals surface area contributed by atoms with Gasteiger partial charge in [-0.05, 0) is 54.2 Å². The summed E-state index contributed by atoms with van der Waals surface area (Å²) in [6.45, 7) is 2.00. The maximum Gasteiger partial charge on any atom is 0.123 e. The topological polar surface area (TPSA) is 38.0 Å². The van der Waals surface area contributed by atoms with Gasteiger partial charge >= 0.3 is 0 Å². The van der Waals surface area contributed by atoms with E-state index in [9.17, 15) is 4.39 Å². The Morgan fingerprint density at radius 3 is 2.85 bits per heavy atom. The monoisotopic (exact) mass is 270 g/mol. The van der Waals surface area contributed by atoms with Crippen LogP contribution >= 0.6 is 0 Å². The summed E-state index contributed by atoms with van der Waals surface area (Å²) in [7, 11) is 0. The molecule has 1 aliphatic rings. The Balaban J connectivity index is 2.01. The molecule has 2 aromatic rings. The van der Waals surface area contributed by atoms with Crippen LogP contribution in [0.25, 0.3) is 0 Å². The van der Waals surface area contributed by atoms with Crippen LogP contribution in [0.1, 0.15) is 40.6 Å². The Bertz CT molecular complexity index is 624. The zero-order valence-corrected chi connectivity index (χ0v) is 11.6. The first kappa shape index (κ1) is 13.3. The van der Waals surface area contributed by atoms with E-state index in [2.05, 4.69) is 29.7 Å². The Kier molecular flexibility index (Phi) is 3.55. The van der Waals surface area contributed by atoms with Crippen molar-refractivity contribution in [1.29, 1.82) is 0 Å². The zero-order valence-electron chi connectivity index (χ0n) is 11.6. The summed E-state index contributed by atoms with van der Waals surface area (Å²) in [5.74, 6) is 5.88.